The molecule has 3 rings (SSSR count). The van der Waals surface area contributed by atoms with Crippen LogP contribution >= 0.6 is 0 Å². The van der Waals surface area contributed by atoms with E-state index in [4.69, 9.17) is 13.9 Å². The van der Waals surface area contributed by atoms with Gasteiger partial charge in [0.2, 0.25) is 8.32 Å². The van der Waals surface area contributed by atoms with Crippen molar-refractivity contribution in [1.29, 1.82) is 0 Å². The van der Waals surface area contributed by atoms with Crippen LogP contribution in [0, 0.1) is 17.8 Å². The Morgan fingerprint density at radius 2 is 1.74 bits per heavy atom. The Labute approximate surface area is 168 Å². The lowest BCUT2D eigenvalue weighted by Gasteiger charge is -2.36. The van der Waals surface area contributed by atoms with E-state index in [-0.39, 0.29) is 6.29 Å². The molecule has 0 amide bonds. The Morgan fingerprint density at radius 3 is 2.41 bits per heavy atom. The van der Waals surface area contributed by atoms with E-state index in [0.29, 0.717) is 0 Å². The molecule has 0 N–H and O–H groups in total. The van der Waals surface area contributed by atoms with Crippen LogP contribution in [0.15, 0.2) is 11.3 Å². The van der Waals surface area contributed by atoms with E-state index in [2.05, 4.69) is 27.7 Å². The molecule has 3 nitrogen and oxygen atoms in total. The quantitative estimate of drug-likeness (QED) is 0.388. The van der Waals surface area contributed by atoms with Gasteiger partial charge in [0.25, 0.3) is 0 Å². The fourth-order valence-corrected chi connectivity index (χ4v) is 8.45. The maximum atomic E-state index is 6.90. The average molecular weight is 395 g/mol. The molecule has 0 bridgehead atoms. The average Bonchev–Trinajstić information content (AvgIpc) is 3.36. The minimum Gasteiger partial charge on any atom is -0.547 e. The standard InChI is InChI=1S/C23H42O3Si/c1-5-27(6-2,7-3)26-22-12-9-11-20-19(14-15-21(20)22)18(4)10-8-13-23-24-16-17-25-23/h18-20,23H,5-17H2,1-4H3/t18-,19-,20-/m1/s1. The molecule has 2 fully saturated rings. The molecule has 0 unspecified atom stereocenters. The largest absolute Gasteiger partial charge is 0.547 e. The third-order valence-electron chi connectivity index (χ3n) is 7.78. The molecule has 27 heavy (non-hydrogen) atoms. The van der Waals surface area contributed by atoms with Crippen molar-refractivity contribution in [3.8, 4) is 0 Å². The lowest BCUT2D eigenvalue weighted by atomic mass is 9.77. The molecule has 3 atom stereocenters. The van der Waals surface area contributed by atoms with Crippen molar-refractivity contribution in [1.82, 2.24) is 0 Å². The van der Waals surface area contributed by atoms with Crippen molar-refractivity contribution in [2.24, 2.45) is 17.8 Å². The molecule has 1 saturated carbocycles. The summed E-state index contributed by atoms with van der Waals surface area (Å²) in [6.45, 7) is 11.1. The Kier molecular flexibility index (Phi) is 7.87. The lowest BCUT2D eigenvalue weighted by Crippen LogP contribution is -2.36. The van der Waals surface area contributed by atoms with Crippen LogP contribution in [-0.2, 0) is 13.9 Å². The molecule has 2 aliphatic carbocycles. The Morgan fingerprint density at radius 1 is 1.04 bits per heavy atom. The molecule has 1 aliphatic heterocycles. The molecule has 0 aromatic carbocycles. The number of ether oxygens (including phenoxy) is 2. The molecular weight excluding hydrogens is 352 g/mol. The van der Waals surface area contributed by atoms with Crippen LogP contribution in [0.25, 0.3) is 0 Å². The van der Waals surface area contributed by atoms with Crippen molar-refractivity contribution < 1.29 is 13.9 Å². The summed E-state index contributed by atoms with van der Waals surface area (Å²) in [6.07, 6.45) is 10.3. The van der Waals surface area contributed by atoms with Crippen LogP contribution < -0.4 is 0 Å². The summed E-state index contributed by atoms with van der Waals surface area (Å²) < 4.78 is 18.1. The van der Waals surface area contributed by atoms with E-state index in [9.17, 15) is 0 Å². The Hall–Kier alpha value is -0.323. The fraction of sp³-hybridized carbons (Fsp3) is 0.913. The molecule has 1 heterocycles. The zero-order valence-electron chi connectivity index (χ0n) is 18.2. The third-order valence-corrected chi connectivity index (χ3v) is 12.3. The van der Waals surface area contributed by atoms with Gasteiger partial charge in [-0.05, 0) is 80.0 Å². The second-order valence-electron chi connectivity index (χ2n) is 9.07. The van der Waals surface area contributed by atoms with Gasteiger partial charge >= 0.3 is 0 Å². The van der Waals surface area contributed by atoms with Crippen LogP contribution in [0.4, 0.5) is 0 Å². The number of hydrogen-bond donors (Lipinski definition) is 0. The van der Waals surface area contributed by atoms with E-state index >= 15 is 0 Å². The van der Waals surface area contributed by atoms with Gasteiger partial charge in [0.15, 0.2) is 6.29 Å². The number of allylic oxidation sites excluding steroid dienone is 2. The first-order valence-corrected chi connectivity index (χ1v) is 14.3. The zero-order valence-corrected chi connectivity index (χ0v) is 19.2. The lowest BCUT2D eigenvalue weighted by molar-refractivity contribution is -0.0488. The van der Waals surface area contributed by atoms with E-state index in [1.54, 1.807) is 5.57 Å². The van der Waals surface area contributed by atoms with Crippen LogP contribution in [0.3, 0.4) is 0 Å². The summed E-state index contributed by atoms with van der Waals surface area (Å²) >= 11 is 0. The van der Waals surface area contributed by atoms with Crippen LogP contribution in [-0.4, -0.2) is 27.8 Å². The summed E-state index contributed by atoms with van der Waals surface area (Å²) in [5.41, 5.74) is 1.73. The monoisotopic (exact) mass is 394 g/mol. The van der Waals surface area contributed by atoms with E-state index < -0.39 is 8.32 Å². The van der Waals surface area contributed by atoms with Gasteiger partial charge in [0, 0.05) is 6.42 Å². The van der Waals surface area contributed by atoms with E-state index in [1.165, 1.54) is 68.8 Å². The van der Waals surface area contributed by atoms with Gasteiger partial charge in [-0.2, -0.15) is 0 Å². The summed E-state index contributed by atoms with van der Waals surface area (Å²) in [6, 6.07) is 3.77. The zero-order chi connectivity index (χ0) is 19.3. The molecule has 3 aliphatic rings. The fourth-order valence-electron chi connectivity index (χ4n) is 5.76. The minimum absolute atomic E-state index is 0.0705. The highest BCUT2D eigenvalue weighted by Crippen LogP contribution is 2.50. The van der Waals surface area contributed by atoms with Crippen molar-refractivity contribution >= 4 is 8.32 Å². The highest BCUT2D eigenvalue weighted by atomic mass is 28.4. The molecule has 156 valence electrons. The number of hydrogen-bond acceptors (Lipinski definition) is 3. The van der Waals surface area contributed by atoms with Crippen molar-refractivity contribution in [2.45, 2.75) is 103 Å². The van der Waals surface area contributed by atoms with Crippen molar-refractivity contribution in [2.75, 3.05) is 13.2 Å². The minimum atomic E-state index is -1.54. The topological polar surface area (TPSA) is 27.7 Å². The van der Waals surface area contributed by atoms with Gasteiger partial charge in [-0.3, -0.25) is 0 Å². The SMILES string of the molecule is CC[Si](CC)(CC)OC1=C2CC[C@H]([C@H](C)CCCC3OCCO3)[C@H]2CCC1. The predicted molar refractivity (Wildman–Crippen MR) is 114 cm³/mol. The number of fused-ring (bicyclic) bond motifs is 1. The first kappa shape index (κ1) is 21.4. The van der Waals surface area contributed by atoms with Gasteiger partial charge in [-0.25, -0.2) is 0 Å². The van der Waals surface area contributed by atoms with Crippen LogP contribution in [0.5, 0.6) is 0 Å². The van der Waals surface area contributed by atoms with Crippen LogP contribution in [0.1, 0.15) is 79.1 Å². The smallest absolute Gasteiger partial charge is 0.250 e. The normalized spacial score (nSPS) is 27.9. The maximum absolute atomic E-state index is 6.90. The van der Waals surface area contributed by atoms with Gasteiger partial charge in [-0.1, -0.05) is 34.1 Å². The Balaban J connectivity index is 1.59. The van der Waals surface area contributed by atoms with Gasteiger partial charge in [0.05, 0.1) is 19.0 Å². The summed E-state index contributed by atoms with van der Waals surface area (Å²) in [5, 5.41) is 0. The summed E-state index contributed by atoms with van der Waals surface area (Å²) in [4.78, 5) is 0. The van der Waals surface area contributed by atoms with Crippen molar-refractivity contribution in [3.63, 3.8) is 0 Å². The van der Waals surface area contributed by atoms with Gasteiger partial charge in [0.1, 0.15) is 0 Å². The molecule has 0 aromatic heterocycles. The molecule has 1 saturated heterocycles. The maximum Gasteiger partial charge on any atom is 0.250 e. The predicted octanol–water partition coefficient (Wildman–Crippen LogP) is 6.65. The highest BCUT2D eigenvalue weighted by Gasteiger charge is 2.40. The van der Waals surface area contributed by atoms with Crippen LogP contribution in [0.2, 0.25) is 18.1 Å². The molecule has 0 radical (unpaired) electrons. The Bertz CT molecular complexity index is 486. The second-order valence-corrected chi connectivity index (χ2v) is 13.8. The molecular formula is C23H42O3Si. The highest BCUT2D eigenvalue weighted by molar-refractivity contribution is 6.73. The van der Waals surface area contributed by atoms with Crippen molar-refractivity contribution in [3.05, 3.63) is 11.3 Å². The first-order chi connectivity index (χ1) is 13.1. The summed E-state index contributed by atoms with van der Waals surface area (Å²) in [7, 11) is -1.54. The first-order valence-electron chi connectivity index (χ1n) is 11.8. The van der Waals surface area contributed by atoms with E-state index in [1.807, 2.05) is 0 Å². The van der Waals surface area contributed by atoms with Gasteiger partial charge in [-0.15, -0.1) is 0 Å². The third kappa shape index (κ3) is 5.00. The van der Waals surface area contributed by atoms with E-state index in [0.717, 1.165) is 37.4 Å². The molecule has 0 aromatic rings. The number of rotatable bonds is 10. The molecule has 0 spiro atoms. The second kappa shape index (κ2) is 9.93. The van der Waals surface area contributed by atoms with Gasteiger partial charge < -0.3 is 13.9 Å². The summed E-state index contributed by atoms with van der Waals surface area (Å²) in [5.74, 6) is 3.93. The molecule has 4 heteroatoms.